The lowest BCUT2D eigenvalue weighted by atomic mass is 9.81. The van der Waals surface area contributed by atoms with Crippen LogP contribution >= 0.6 is 0 Å². The van der Waals surface area contributed by atoms with E-state index in [9.17, 15) is 0 Å². The van der Waals surface area contributed by atoms with Gasteiger partial charge in [-0.15, -0.1) is 0 Å². The van der Waals surface area contributed by atoms with Crippen molar-refractivity contribution in [3.8, 4) is 55.6 Å². The molecule has 0 aliphatic heterocycles. The number of fused-ring (bicyclic) bond motifs is 7. The Kier molecular flexibility index (Phi) is 7.00. The molecular weight excluding hydrogens is 661 g/mol. The fourth-order valence-corrected chi connectivity index (χ4v) is 9.61. The van der Waals surface area contributed by atoms with Crippen molar-refractivity contribution in [1.82, 2.24) is 0 Å². The van der Waals surface area contributed by atoms with Crippen molar-refractivity contribution in [2.75, 3.05) is 0 Å². The molecule has 258 valence electrons. The molecule has 55 heavy (non-hydrogen) atoms. The van der Waals surface area contributed by atoms with Crippen molar-refractivity contribution >= 4 is 43.1 Å². The van der Waals surface area contributed by atoms with Crippen LogP contribution in [0.3, 0.4) is 0 Å². The van der Waals surface area contributed by atoms with Gasteiger partial charge < -0.3 is 0 Å². The lowest BCUT2D eigenvalue weighted by Crippen LogP contribution is -2.14. The molecule has 0 aromatic heterocycles. The lowest BCUT2D eigenvalue weighted by Gasteiger charge is -2.22. The predicted octanol–water partition coefficient (Wildman–Crippen LogP) is 15.3. The Morgan fingerprint density at radius 3 is 1.42 bits per heavy atom. The molecule has 0 amide bonds. The number of benzene rings is 10. The maximum Gasteiger partial charge on any atom is 0.0158 e. The van der Waals surface area contributed by atoms with Gasteiger partial charge in [-0.3, -0.25) is 0 Å². The van der Waals surface area contributed by atoms with E-state index >= 15 is 0 Å². The molecule has 0 N–H and O–H groups in total. The van der Waals surface area contributed by atoms with Gasteiger partial charge in [-0.25, -0.2) is 0 Å². The minimum atomic E-state index is -0.0435. The molecule has 0 saturated heterocycles. The van der Waals surface area contributed by atoms with Gasteiger partial charge >= 0.3 is 0 Å². The summed E-state index contributed by atoms with van der Waals surface area (Å²) in [5.74, 6) is 0. The molecule has 0 unspecified atom stereocenters. The molecule has 0 nitrogen and oxygen atoms in total. The maximum atomic E-state index is 2.47. The first kappa shape index (κ1) is 31.7. The average Bonchev–Trinajstić information content (AvgIpc) is 3.47. The second-order valence-electron chi connectivity index (χ2n) is 15.6. The van der Waals surface area contributed by atoms with E-state index in [-0.39, 0.29) is 5.41 Å². The van der Waals surface area contributed by atoms with E-state index in [0.29, 0.717) is 0 Å². The van der Waals surface area contributed by atoms with E-state index in [1.165, 1.54) is 110 Å². The number of rotatable bonds is 4. The van der Waals surface area contributed by atoms with E-state index in [1.807, 2.05) is 0 Å². The Balaban J connectivity index is 1.18. The maximum absolute atomic E-state index is 2.47. The first-order valence-corrected chi connectivity index (χ1v) is 19.3. The second-order valence-corrected chi connectivity index (χ2v) is 15.6. The summed E-state index contributed by atoms with van der Waals surface area (Å²) in [6.07, 6.45) is 0. The predicted molar refractivity (Wildman–Crippen MR) is 236 cm³/mol. The van der Waals surface area contributed by atoms with Crippen LogP contribution in [-0.4, -0.2) is 0 Å². The van der Waals surface area contributed by atoms with E-state index in [0.717, 1.165) is 0 Å². The van der Waals surface area contributed by atoms with Crippen molar-refractivity contribution in [3.63, 3.8) is 0 Å². The average molecular weight is 699 g/mol. The van der Waals surface area contributed by atoms with Gasteiger partial charge in [-0.1, -0.05) is 196 Å². The minimum Gasteiger partial charge on any atom is -0.0619 e. The molecule has 0 radical (unpaired) electrons. The highest BCUT2D eigenvalue weighted by Gasteiger charge is 2.35. The summed E-state index contributed by atoms with van der Waals surface area (Å²) < 4.78 is 0. The highest BCUT2D eigenvalue weighted by Crippen LogP contribution is 2.51. The Bertz CT molecular complexity index is 3150. The quantitative estimate of drug-likeness (QED) is 0.161. The first-order chi connectivity index (χ1) is 27.0. The molecule has 10 aromatic carbocycles. The van der Waals surface area contributed by atoms with Gasteiger partial charge in [0.25, 0.3) is 0 Å². The Morgan fingerprint density at radius 1 is 0.273 bits per heavy atom. The Labute approximate surface area is 322 Å². The summed E-state index contributed by atoms with van der Waals surface area (Å²) in [5, 5.41) is 10.1. The van der Waals surface area contributed by atoms with Gasteiger partial charge in [0.15, 0.2) is 0 Å². The third kappa shape index (κ3) is 4.85. The minimum absolute atomic E-state index is 0.0435. The molecular formula is C55H38. The molecule has 0 saturated carbocycles. The van der Waals surface area contributed by atoms with Crippen molar-refractivity contribution < 1.29 is 0 Å². The number of hydrogen-bond donors (Lipinski definition) is 0. The summed E-state index contributed by atoms with van der Waals surface area (Å²) in [5.41, 5.74) is 15.4. The molecule has 0 fully saturated rings. The SMILES string of the molecule is CC1(C)c2ccccc2-c2cc(-c3c4ccccc4c(-c4ccc(-c5cccc6ccccc56)cc4)c4ccc(-c5cccc6ccccc56)cc34)ccc21. The standard InChI is InChI=1S/C55H38/c1-55(2)51-24-10-9-19-45(51)49-34-40(30-32-52(49)55)54-47-21-8-7-20-46(47)53(38-27-25-37(26-28-38)43-22-11-15-35-13-3-5-17-41(35)43)48-31-29-39(33-50(48)54)44-23-12-16-36-14-4-6-18-42(36)44/h3-34H,1-2H3. The molecule has 0 atom stereocenters. The van der Waals surface area contributed by atoms with Crippen molar-refractivity contribution in [2.45, 2.75) is 19.3 Å². The monoisotopic (exact) mass is 698 g/mol. The van der Waals surface area contributed by atoms with Crippen LogP contribution in [0.4, 0.5) is 0 Å². The molecule has 1 aliphatic carbocycles. The van der Waals surface area contributed by atoms with Crippen LogP contribution in [0.15, 0.2) is 194 Å². The first-order valence-electron chi connectivity index (χ1n) is 19.3. The van der Waals surface area contributed by atoms with Crippen LogP contribution in [0.2, 0.25) is 0 Å². The zero-order chi connectivity index (χ0) is 36.7. The van der Waals surface area contributed by atoms with E-state index in [4.69, 9.17) is 0 Å². The molecule has 1 aliphatic rings. The summed E-state index contributed by atoms with van der Waals surface area (Å²) in [7, 11) is 0. The van der Waals surface area contributed by atoms with Gasteiger partial charge in [-0.2, -0.15) is 0 Å². The third-order valence-corrected chi connectivity index (χ3v) is 12.3. The Hall–Kier alpha value is -6.76. The van der Waals surface area contributed by atoms with Crippen LogP contribution in [0, 0.1) is 0 Å². The second kappa shape index (κ2) is 12.1. The van der Waals surface area contributed by atoms with Crippen LogP contribution in [-0.2, 0) is 5.41 Å². The van der Waals surface area contributed by atoms with Crippen LogP contribution in [0.5, 0.6) is 0 Å². The summed E-state index contributed by atoms with van der Waals surface area (Å²) in [6, 6.07) is 72.3. The Morgan fingerprint density at radius 2 is 0.727 bits per heavy atom. The summed E-state index contributed by atoms with van der Waals surface area (Å²) >= 11 is 0. The fourth-order valence-electron chi connectivity index (χ4n) is 9.61. The molecule has 0 spiro atoms. The van der Waals surface area contributed by atoms with Gasteiger partial charge in [0.1, 0.15) is 0 Å². The zero-order valence-corrected chi connectivity index (χ0v) is 31.0. The normalized spacial score (nSPS) is 13.1. The topological polar surface area (TPSA) is 0 Å². The van der Waals surface area contributed by atoms with E-state index < -0.39 is 0 Å². The van der Waals surface area contributed by atoms with E-state index in [1.54, 1.807) is 0 Å². The van der Waals surface area contributed by atoms with Crippen LogP contribution in [0.1, 0.15) is 25.0 Å². The number of hydrogen-bond acceptors (Lipinski definition) is 0. The fraction of sp³-hybridized carbons (Fsp3) is 0.0545. The summed E-state index contributed by atoms with van der Waals surface area (Å²) in [4.78, 5) is 0. The third-order valence-electron chi connectivity index (χ3n) is 12.3. The molecule has 0 heteroatoms. The van der Waals surface area contributed by atoms with Gasteiger partial charge in [0, 0.05) is 5.41 Å². The van der Waals surface area contributed by atoms with Crippen molar-refractivity contribution in [2.24, 2.45) is 0 Å². The van der Waals surface area contributed by atoms with Crippen LogP contribution in [0.25, 0.3) is 98.7 Å². The molecule has 0 bridgehead atoms. The van der Waals surface area contributed by atoms with Crippen molar-refractivity contribution in [1.29, 1.82) is 0 Å². The highest BCUT2D eigenvalue weighted by molar-refractivity contribution is 6.22. The van der Waals surface area contributed by atoms with Gasteiger partial charge in [0.2, 0.25) is 0 Å². The van der Waals surface area contributed by atoms with E-state index in [2.05, 4.69) is 208 Å². The highest BCUT2D eigenvalue weighted by atomic mass is 14.4. The molecule has 10 aromatic rings. The smallest absolute Gasteiger partial charge is 0.0158 e. The zero-order valence-electron chi connectivity index (χ0n) is 31.0. The van der Waals surface area contributed by atoms with Gasteiger partial charge in [0.05, 0.1) is 0 Å². The van der Waals surface area contributed by atoms with Gasteiger partial charge in [-0.05, 0) is 122 Å². The lowest BCUT2D eigenvalue weighted by molar-refractivity contribution is 0.660. The van der Waals surface area contributed by atoms with Crippen LogP contribution < -0.4 is 0 Å². The summed E-state index contributed by atoms with van der Waals surface area (Å²) in [6.45, 7) is 4.72. The molecule has 0 heterocycles. The molecule has 11 rings (SSSR count). The van der Waals surface area contributed by atoms with Crippen molar-refractivity contribution in [3.05, 3.63) is 205 Å². The largest absolute Gasteiger partial charge is 0.0619 e.